The smallest absolute Gasteiger partial charge is 0.232 e. The first-order chi connectivity index (χ1) is 12.7. The van der Waals surface area contributed by atoms with Crippen molar-refractivity contribution in [2.75, 3.05) is 26.2 Å². The van der Waals surface area contributed by atoms with Crippen molar-refractivity contribution in [3.63, 3.8) is 0 Å². The molecule has 146 valence electrons. The Kier molecular flexibility index (Phi) is 5.39. The molecule has 7 nitrogen and oxygen atoms in total. The molecule has 27 heavy (non-hydrogen) atoms. The van der Waals surface area contributed by atoms with Gasteiger partial charge in [-0.15, -0.1) is 0 Å². The molecule has 8 heteroatoms. The number of aromatic nitrogens is 1. The minimum atomic E-state index is -3.47. The van der Waals surface area contributed by atoms with Gasteiger partial charge in [0.15, 0.2) is 0 Å². The van der Waals surface area contributed by atoms with Gasteiger partial charge in [-0.3, -0.25) is 4.79 Å². The number of hydrogen-bond acceptors (Lipinski definition) is 5. The molecule has 0 radical (unpaired) electrons. The van der Waals surface area contributed by atoms with Gasteiger partial charge in [-0.1, -0.05) is 35.0 Å². The van der Waals surface area contributed by atoms with E-state index in [1.54, 1.807) is 11.0 Å². The van der Waals surface area contributed by atoms with Crippen molar-refractivity contribution in [2.24, 2.45) is 0 Å². The van der Waals surface area contributed by atoms with Gasteiger partial charge in [0.2, 0.25) is 15.9 Å². The molecule has 2 aromatic rings. The maximum atomic E-state index is 13.1. The molecule has 0 N–H and O–H groups in total. The van der Waals surface area contributed by atoms with E-state index in [4.69, 9.17) is 4.52 Å². The van der Waals surface area contributed by atoms with E-state index in [1.807, 2.05) is 45.0 Å². The molecule has 0 aliphatic carbocycles. The summed E-state index contributed by atoms with van der Waals surface area (Å²) in [5, 5.41) is 3.67. The van der Waals surface area contributed by atoms with Crippen LogP contribution >= 0.6 is 0 Å². The number of aryl methyl sites for hydroxylation is 1. The van der Waals surface area contributed by atoms with E-state index in [1.165, 1.54) is 10.6 Å². The lowest BCUT2D eigenvalue weighted by atomic mass is 9.82. The summed E-state index contributed by atoms with van der Waals surface area (Å²) >= 11 is 0. The Morgan fingerprint density at radius 2 is 1.74 bits per heavy atom. The monoisotopic (exact) mass is 391 g/mol. The van der Waals surface area contributed by atoms with Crippen molar-refractivity contribution in [1.82, 2.24) is 14.4 Å². The first kappa shape index (κ1) is 19.6. The Balaban J connectivity index is 1.64. The zero-order valence-electron chi connectivity index (χ0n) is 15.9. The molecule has 0 atom stereocenters. The van der Waals surface area contributed by atoms with Gasteiger partial charge in [0.05, 0.1) is 11.1 Å². The highest BCUT2D eigenvalue weighted by molar-refractivity contribution is 7.88. The van der Waals surface area contributed by atoms with Crippen molar-refractivity contribution < 1.29 is 17.7 Å². The molecule has 1 aromatic carbocycles. The molecular formula is C19H25N3O4S. The summed E-state index contributed by atoms with van der Waals surface area (Å²) in [6.45, 7) is 7.17. The maximum absolute atomic E-state index is 13.1. The summed E-state index contributed by atoms with van der Waals surface area (Å²) in [6, 6.07) is 9.50. The first-order valence-corrected chi connectivity index (χ1v) is 10.5. The van der Waals surface area contributed by atoms with Crippen LogP contribution in [0, 0.1) is 6.92 Å². The van der Waals surface area contributed by atoms with Crippen molar-refractivity contribution in [3.05, 3.63) is 53.4 Å². The molecule has 2 heterocycles. The number of amides is 1. The molecule has 1 fully saturated rings. The number of piperazine rings is 1. The fourth-order valence-corrected chi connectivity index (χ4v) is 4.67. The van der Waals surface area contributed by atoms with E-state index in [9.17, 15) is 13.2 Å². The predicted molar refractivity (Wildman–Crippen MR) is 101 cm³/mol. The van der Waals surface area contributed by atoms with E-state index in [2.05, 4.69) is 5.16 Å². The van der Waals surface area contributed by atoms with E-state index in [0.29, 0.717) is 18.8 Å². The Bertz CT molecular complexity index is 882. The standard InChI is InChI=1S/C19H25N3O4S/c1-15-4-6-16(7-5-15)19(2,3)18(23)21-9-11-22(12-10-21)27(24,25)14-17-8-13-26-20-17/h4-8,13H,9-12,14H2,1-3H3. The van der Waals surface area contributed by atoms with E-state index in [0.717, 1.165) is 11.1 Å². The lowest BCUT2D eigenvalue weighted by Crippen LogP contribution is -2.54. The summed E-state index contributed by atoms with van der Waals surface area (Å²) < 4.78 is 31.2. The topological polar surface area (TPSA) is 83.7 Å². The Morgan fingerprint density at radius 1 is 1.11 bits per heavy atom. The molecule has 0 saturated carbocycles. The van der Waals surface area contributed by atoms with Gasteiger partial charge < -0.3 is 9.42 Å². The number of rotatable bonds is 5. The van der Waals surface area contributed by atoms with Gasteiger partial charge in [-0.25, -0.2) is 8.42 Å². The first-order valence-electron chi connectivity index (χ1n) is 8.94. The second-order valence-corrected chi connectivity index (χ2v) is 9.40. The average Bonchev–Trinajstić information content (AvgIpc) is 3.14. The number of sulfonamides is 1. The predicted octanol–water partition coefficient (Wildman–Crippen LogP) is 1.93. The van der Waals surface area contributed by atoms with Gasteiger partial charge in [0.25, 0.3) is 0 Å². The van der Waals surface area contributed by atoms with Crippen molar-refractivity contribution in [2.45, 2.75) is 31.9 Å². The molecular weight excluding hydrogens is 366 g/mol. The SMILES string of the molecule is Cc1ccc(C(C)(C)C(=O)N2CCN(S(=O)(=O)Cc3ccon3)CC2)cc1. The van der Waals surface area contributed by atoms with Crippen LogP contribution in [0.5, 0.6) is 0 Å². The molecule has 3 rings (SSSR count). The van der Waals surface area contributed by atoms with Crippen LogP contribution in [0.2, 0.25) is 0 Å². The third-order valence-electron chi connectivity index (χ3n) is 5.05. The van der Waals surface area contributed by atoms with E-state index in [-0.39, 0.29) is 24.7 Å². The highest BCUT2D eigenvalue weighted by Gasteiger charge is 2.37. The van der Waals surface area contributed by atoms with Crippen molar-refractivity contribution in [1.29, 1.82) is 0 Å². The lowest BCUT2D eigenvalue weighted by molar-refractivity contribution is -0.137. The van der Waals surface area contributed by atoms with Crippen LogP contribution in [0.4, 0.5) is 0 Å². The highest BCUT2D eigenvalue weighted by Crippen LogP contribution is 2.27. The van der Waals surface area contributed by atoms with Crippen molar-refractivity contribution >= 4 is 15.9 Å². The summed E-state index contributed by atoms with van der Waals surface area (Å²) in [6.07, 6.45) is 1.36. The Morgan fingerprint density at radius 3 is 2.30 bits per heavy atom. The second-order valence-electron chi connectivity index (χ2n) is 7.43. The molecule has 1 aliphatic rings. The quantitative estimate of drug-likeness (QED) is 0.778. The van der Waals surface area contributed by atoms with Crippen LogP contribution in [0.25, 0.3) is 0 Å². The molecule has 1 aromatic heterocycles. The number of benzene rings is 1. The highest BCUT2D eigenvalue weighted by atomic mass is 32.2. The van der Waals surface area contributed by atoms with Crippen LogP contribution < -0.4 is 0 Å². The molecule has 1 amide bonds. The van der Waals surface area contributed by atoms with Crippen LogP contribution in [0.3, 0.4) is 0 Å². The van der Waals surface area contributed by atoms with Crippen LogP contribution in [-0.4, -0.2) is 54.9 Å². The van der Waals surface area contributed by atoms with Gasteiger partial charge in [-0.05, 0) is 26.3 Å². The van der Waals surface area contributed by atoms with Gasteiger partial charge >= 0.3 is 0 Å². The van der Waals surface area contributed by atoms with Gasteiger partial charge in [-0.2, -0.15) is 4.31 Å². The molecule has 0 spiro atoms. The maximum Gasteiger partial charge on any atom is 0.232 e. The Hall–Kier alpha value is -2.19. The third-order valence-corrected chi connectivity index (χ3v) is 6.86. The summed E-state index contributed by atoms with van der Waals surface area (Å²) in [4.78, 5) is 14.8. The normalized spacial score (nSPS) is 16.5. The van der Waals surface area contributed by atoms with Crippen LogP contribution in [0.1, 0.15) is 30.7 Å². The number of nitrogens with zero attached hydrogens (tertiary/aromatic N) is 3. The largest absolute Gasteiger partial charge is 0.364 e. The summed E-state index contributed by atoms with van der Waals surface area (Å²) in [5.41, 5.74) is 1.83. The summed E-state index contributed by atoms with van der Waals surface area (Å²) in [7, 11) is -3.47. The summed E-state index contributed by atoms with van der Waals surface area (Å²) in [5.74, 6) is -0.174. The number of hydrogen-bond donors (Lipinski definition) is 0. The fraction of sp³-hybridized carbons (Fsp3) is 0.474. The fourth-order valence-electron chi connectivity index (χ4n) is 3.25. The zero-order valence-corrected chi connectivity index (χ0v) is 16.7. The third kappa shape index (κ3) is 4.22. The minimum Gasteiger partial charge on any atom is -0.364 e. The number of carbonyl (C=O) groups excluding carboxylic acids is 1. The van der Waals surface area contributed by atoms with Crippen molar-refractivity contribution in [3.8, 4) is 0 Å². The second kappa shape index (κ2) is 7.44. The number of carbonyl (C=O) groups is 1. The lowest BCUT2D eigenvalue weighted by Gasteiger charge is -2.38. The Labute approximate surface area is 160 Å². The minimum absolute atomic E-state index is 0.0138. The molecule has 1 aliphatic heterocycles. The van der Waals surface area contributed by atoms with E-state index >= 15 is 0 Å². The molecule has 0 unspecified atom stereocenters. The zero-order chi connectivity index (χ0) is 19.7. The van der Waals surface area contributed by atoms with E-state index < -0.39 is 15.4 Å². The molecule has 1 saturated heterocycles. The van der Waals surface area contributed by atoms with Gasteiger partial charge in [0, 0.05) is 32.2 Å². The van der Waals surface area contributed by atoms with Gasteiger partial charge in [0.1, 0.15) is 12.0 Å². The van der Waals surface area contributed by atoms with Crippen LogP contribution in [-0.2, 0) is 26.0 Å². The molecule has 0 bridgehead atoms. The average molecular weight is 391 g/mol. The van der Waals surface area contributed by atoms with Crippen LogP contribution in [0.15, 0.2) is 41.1 Å².